The second-order valence-corrected chi connectivity index (χ2v) is 2.82. The fraction of sp³-hybridized carbons (Fsp3) is 0. The third kappa shape index (κ3) is 1.48. The molecular formula is C12H7N2. The van der Waals surface area contributed by atoms with Gasteiger partial charge in [-0.2, -0.15) is 5.26 Å². The fourth-order valence-electron chi connectivity index (χ4n) is 1.29. The molecule has 2 heteroatoms. The summed E-state index contributed by atoms with van der Waals surface area (Å²) in [6, 6.07) is 14.3. The molecule has 0 spiro atoms. The van der Waals surface area contributed by atoms with E-state index in [0.29, 0.717) is 5.56 Å². The molecule has 0 amide bonds. The number of hydrogen-bond acceptors (Lipinski definition) is 2. The van der Waals surface area contributed by atoms with Crippen molar-refractivity contribution in [2.24, 2.45) is 0 Å². The van der Waals surface area contributed by atoms with Crippen LogP contribution in [-0.2, 0) is 0 Å². The number of pyridine rings is 1. The Kier molecular flexibility index (Phi) is 2.24. The van der Waals surface area contributed by atoms with Crippen LogP contribution >= 0.6 is 0 Å². The van der Waals surface area contributed by atoms with Gasteiger partial charge in [0, 0.05) is 18.0 Å². The summed E-state index contributed by atoms with van der Waals surface area (Å²) in [6.45, 7) is 0. The van der Waals surface area contributed by atoms with Crippen molar-refractivity contribution in [1.29, 1.82) is 5.26 Å². The van der Waals surface area contributed by atoms with E-state index in [-0.39, 0.29) is 0 Å². The highest BCUT2D eigenvalue weighted by Crippen LogP contribution is 2.20. The minimum Gasteiger partial charge on any atom is -0.264 e. The summed E-state index contributed by atoms with van der Waals surface area (Å²) >= 11 is 0. The van der Waals surface area contributed by atoms with E-state index < -0.39 is 0 Å². The van der Waals surface area contributed by atoms with Gasteiger partial charge < -0.3 is 0 Å². The van der Waals surface area contributed by atoms with E-state index in [1.165, 1.54) is 0 Å². The van der Waals surface area contributed by atoms with Crippen molar-refractivity contribution in [2.45, 2.75) is 0 Å². The highest BCUT2D eigenvalue weighted by atomic mass is 14.6. The van der Waals surface area contributed by atoms with Gasteiger partial charge in [-0.25, -0.2) is 0 Å². The van der Waals surface area contributed by atoms with E-state index >= 15 is 0 Å². The lowest BCUT2D eigenvalue weighted by molar-refractivity contribution is 1.31. The van der Waals surface area contributed by atoms with Crippen LogP contribution in [0.15, 0.2) is 42.7 Å². The first-order chi connectivity index (χ1) is 6.92. The zero-order valence-electron chi connectivity index (χ0n) is 7.44. The molecule has 65 valence electrons. The van der Waals surface area contributed by atoms with Crippen LogP contribution in [-0.4, -0.2) is 4.98 Å². The zero-order valence-corrected chi connectivity index (χ0v) is 7.44. The number of rotatable bonds is 1. The van der Waals surface area contributed by atoms with Gasteiger partial charge in [-0.05, 0) is 17.7 Å². The Hall–Kier alpha value is -2.14. The Balaban J connectivity index is 2.58. The van der Waals surface area contributed by atoms with E-state index in [9.17, 15) is 0 Å². The molecule has 0 aliphatic carbocycles. The number of benzene rings is 1. The van der Waals surface area contributed by atoms with E-state index in [4.69, 9.17) is 5.26 Å². The average Bonchev–Trinajstić information content (AvgIpc) is 2.30. The monoisotopic (exact) mass is 179 g/mol. The fourth-order valence-corrected chi connectivity index (χ4v) is 1.29. The van der Waals surface area contributed by atoms with Gasteiger partial charge in [0.1, 0.15) is 0 Å². The summed E-state index contributed by atoms with van der Waals surface area (Å²) in [5.74, 6) is 0. The van der Waals surface area contributed by atoms with Crippen LogP contribution in [0, 0.1) is 17.4 Å². The van der Waals surface area contributed by atoms with Crippen LogP contribution in [0.1, 0.15) is 5.56 Å². The van der Waals surface area contributed by atoms with Crippen LogP contribution in [0.3, 0.4) is 0 Å². The summed E-state index contributed by atoms with van der Waals surface area (Å²) in [6.07, 6.45) is 3.32. The molecular weight excluding hydrogens is 172 g/mol. The first-order valence-electron chi connectivity index (χ1n) is 4.22. The number of nitrogens with zero attached hydrogens (tertiary/aromatic N) is 2. The Labute approximate surface area is 82.5 Å². The van der Waals surface area contributed by atoms with E-state index in [1.54, 1.807) is 18.5 Å². The maximum absolute atomic E-state index is 8.89. The van der Waals surface area contributed by atoms with Gasteiger partial charge in [0.2, 0.25) is 0 Å². The van der Waals surface area contributed by atoms with Gasteiger partial charge in [-0.15, -0.1) is 0 Å². The standard InChI is InChI=1S/C12H7N2/c13-8-11-6-7-14-9-12(11)10-4-2-1-3-5-10/h2-7,9H. The minimum atomic E-state index is 0.645. The molecule has 0 aliphatic heterocycles. The van der Waals surface area contributed by atoms with Crippen LogP contribution in [0.5, 0.6) is 0 Å². The van der Waals surface area contributed by atoms with E-state index in [1.807, 2.05) is 24.3 Å². The van der Waals surface area contributed by atoms with Crippen molar-refractivity contribution in [2.75, 3.05) is 0 Å². The molecule has 1 aromatic heterocycles. The molecule has 2 rings (SSSR count). The summed E-state index contributed by atoms with van der Waals surface area (Å²) in [7, 11) is 0. The molecule has 2 nitrogen and oxygen atoms in total. The Morgan fingerprint density at radius 2 is 2.00 bits per heavy atom. The summed E-state index contributed by atoms with van der Waals surface area (Å²) in [4.78, 5) is 4.01. The van der Waals surface area contributed by atoms with Crippen LogP contribution in [0.25, 0.3) is 11.1 Å². The molecule has 0 atom stereocenters. The molecule has 0 saturated heterocycles. The van der Waals surface area contributed by atoms with Crippen molar-refractivity contribution in [3.8, 4) is 17.2 Å². The Morgan fingerprint density at radius 3 is 2.71 bits per heavy atom. The molecule has 0 N–H and O–H groups in total. The molecule has 0 bridgehead atoms. The van der Waals surface area contributed by atoms with E-state index in [2.05, 4.69) is 17.1 Å². The predicted molar refractivity (Wildman–Crippen MR) is 53.2 cm³/mol. The Morgan fingerprint density at radius 1 is 1.21 bits per heavy atom. The lowest BCUT2D eigenvalue weighted by atomic mass is 10.0. The molecule has 14 heavy (non-hydrogen) atoms. The number of nitriles is 1. The second kappa shape index (κ2) is 3.71. The Bertz CT molecular complexity index is 469. The van der Waals surface area contributed by atoms with Gasteiger partial charge in [-0.3, -0.25) is 4.98 Å². The summed E-state index contributed by atoms with van der Waals surface area (Å²) in [5.41, 5.74) is 2.50. The van der Waals surface area contributed by atoms with Crippen molar-refractivity contribution in [1.82, 2.24) is 4.98 Å². The van der Waals surface area contributed by atoms with Crippen molar-refractivity contribution in [3.05, 3.63) is 54.4 Å². The van der Waals surface area contributed by atoms with Gasteiger partial charge >= 0.3 is 0 Å². The number of aromatic nitrogens is 1. The quantitative estimate of drug-likeness (QED) is 0.674. The van der Waals surface area contributed by atoms with Gasteiger partial charge in [0.15, 0.2) is 0 Å². The first kappa shape index (κ1) is 8.46. The highest BCUT2D eigenvalue weighted by molar-refractivity contribution is 5.69. The summed E-state index contributed by atoms with van der Waals surface area (Å²) in [5, 5.41) is 8.89. The lowest BCUT2D eigenvalue weighted by Gasteiger charge is -2.01. The maximum Gasteiger partial charge on any atom is 0.0999 e. The van der Waals surface area contributed by atoms with Crippen LogP contribution in [0.4, 0.5) is 0 Å². The molecule has 1 heterocycles. The highest BCUT2D eigenvalue weighted by Gasteiger charge is 2.02. The molecule has 0 unspecified atom stereocenters. The lowest BCUT2D eigenvalue weighted by Crippen LogP contribution is -1.84. The normalized spacial score (nSPS) is 9.36. The molecule has 0 saturated carbocycles. The molecule has 0 aliphatic rings. The van der Waals surface area contributed by atoms with Gasteiger partial charge in [0.25, 0.3) is 0 Å². The minimum absolute atomic E-state index is 0.645. The molecule has 1 aromatic carbocycles. The third-order valence-corrected chi connectivity index (χ3v) is 1.97. The maximum atomic E-state index is 8.89. The molecule has 1 radical (unpaired) electrons. The smallest absolute Gasteiger partial charge is 0.0999 e. The summed E-state index contributed by atoms with van der Waals surface area (Å²) < 4.78 is 0. The first-order valence-corrected chi connectivity index (χ1v) is 4.22. The topological polar surface area (TPSA) is 36.7 Å². The average molecular weight is 179 g/mol. The van der Waals surface area contributed by atoms with E-state index in [0.717, 1.165) is 11.1 Å². The van der Waals surface area contributed by atoms with Crippen LogP contribution < -0.4 is 0 Å². The third-order valence-electron chi connectivity index (χ3n) is 1.97. The zero-order chi connectivity index (χ0) is 9.80. The van der Waals surface area contributed by atoms with Crippen molar-refractivity contribution < 1.29 is 0 Å². The number of hydrogen-bond donors (Lipinski definition) is 0. The SMILES string of the molecule is N#Cc1ccncc1-c1cc[c]cc1. The largest absolute Gasteiger partial charge is 0.264 e. The van der Waals surface area contributed by atoms with Crippen LogP contribution in [0.2, 0.25) is 0 Å². The van der Waals surface area contributed by atoms with Crippen molar-refractivity contribution >= 4 is 0 Å². The van der Waals surface area contributed by atoms with Gasteiger partial charge in [-0.1, -0.05) is 24.3 Å². The predicted octanol–water partition coefficient (Wildman–Crippen LogP) is 2.42. The molecule has 0 fully saturated rings. The molecule has 2 aromatic rings. The van der Waals surface area contributed by atoms with Crippen molar-refractivity contribution in [3.63, 3.8) is 0 Å². The van der Waals surface area contributed by atoms with Gasteiger partial charge in [0.05, 0.1) is 11.6 Å². The second-order valence-electron chi connectivity index (χ2n) is 2.82.